The molecule has 0 spiro atoms. The van der Waals surface area contributed by atoms with Crippen LogP contribution in [0.4, 0.5) is 8.78 Å². The van der Waals surface area contributed by atoms with Crippen molar-refractivity contribution >= 4 is 16.8 Å². The number of rotatable bonds is 2. The first-order chi connectivity index (χ1) is 6.97. The summed E-state index contributed by atoms with van der Waals surface area (Å²) >= 11 is 5.13. The van der Waals surface area contributed by atoms with Crippen LogP contribution >= 0.6 is 11.6 Å². The molecule has 0 aliphatic rings. The second kappa shape index (κ2) is 4.32. The fourth-order valence-electron chi connectivity index (χ4n) is 1.15. The molecule has 1 aromatic rings. The van der Waals surface area contributed by atoms with Crippen LogP contribution in [0.1, 0.15) is 33.7 Å². The fourth-order valence-corrected chi connectivity index (χ4v) is 1.35. The third-order valence-corrected chi connectivity index (χ3v) is 1.89. The van der Waals surface area contributed by atoms with E-state index in [1.54, 1.807) is 6.07 Å². The molecule has 0 unspecified atom stereocenters. The zero-order valence-electron chi connectivity index (χ0n) is 7.59. The molecule has 0 radical (unpaired) electrons. The third-order valence-electron chi connectivity index (χ3n) is 1.70. The summed E-state index contributed by atoms with van der Waals surface area (Å²) in [5.74, 6) is 0. The Labute approximate surface area is 89.3 Å². The lowest BCUT2D eigenvalue weighted by Gasteiger charge is -2.06. The van der Waals surface area contributed by atoms with Gasteiger partial charge < -0.3 is 0 Å². The van der Waals surface area contributed by atoms with Gasteiger partial charge in [-0.3, -0.25) is 9.78 Å². The van der Waals surface area contributed by atoms with Crippen LogP contribution in [0.25, 0.3) is 0 Å². The highest BCUT2D eigenvalue weighted by Crippen LogP contribution is 2.25. The first-order valence-corrected chi connectivity index (χ1v) is 4.24. The molecule has 0 fully saturated rings. The van der Waals surface area contributed by atoms with Crippen molar-refractivity contribution in [1.82, 2.24) is 4.98 Å². The number of alkyl halides is 2. The minimum Gasteiger partial charge on any atom is -0.275 e. The van der Waals surface area contributed by atoms with Gasteiger partial charge in [-0.15, -0.1) is 0 Å². The summed E-state index contributed by atoms with van der Waals surface area (Å²) in [6.45, 7) is 1.45. The maximum Gasteiger partial charge on any atom is 0.281 e. The monoisotopic (exact) mass is 230 g/mol. The molecular formula is C9H5ClF2N2O. The van der Waals surface area contributed by atoms with E-state index in [0.29, 0.717) is 0 Å². The Morgan fingerprint density at radius 2 is 2.27 bits per heavy atom. The van der Waals surface area contributed by atoms with Gasteiger partial charge in [0.05, 0.1) is 11.1 Å². The minimum absolute atomic E-state index is 0.183. The van der Waals surface area contributed by atoms with Crippen LogP contribution in [0.3, 0.4) is 0 Å². The van der Waals surface area contributed by atoms with Crippen molar-refractivity contribution in [2.45, 2.75) is 13.3 Å². The van der Waals surface area contributed by atoms with E-state index in [-0.39, 0.29) is 11.3 Å². The molecular weight excluding hydrogens is 226 g/mol. The van der Waals surface area contributed by atoms with Gasteiger partial charge in [0.25, 0.3) is 11.7 Å². The number of nitriles is 1. The highest BCUT2D eigenvalue weighted by molar-refractivity contribution is 6.68. The zero-order valence-corrected chi connectivity index (χ0v) is 8.35. The molecule has 3 nitrogen and oxygen atoms in total. The van der Waals surface area contributed by atoms with Crippen molar-refractivity contribution in [1.29, 1.82) is 5.26 Å². The lowest BCUT2D eigenvalue weighted by atomic mass is 10.1. The Morgan fingerprint density at radius 3 is 2.67 bits per heavy atom. The van der Waals surface area contributed by atoms with Crippen molar-refractivity contribution in [2.24, 2.45) is 0 Å². The van der Waals surface area contributed by atoms with Gasteiger partial charge in [0.2, 0.25) is 0 Å². The fraction of sp³-hybridized carbons (Fsp3) is 0.222. The highest BCUT2D eigenvalue weighted by atomic mass is 35.5. The Bertz CT molecular complexity index is 454. The molecule has 0 saturated heterocycles. The standard InChI is InChI=1S/C9H5ClF2N2O/c1-4-2-5(3-13)6(8(10)15)7(14-4)9(11)12/h2,9H,1H3. The van der Waals surface area contributed by atoms with Gasteiger partial charge >= 0.3 is 0 Å². The maximum atomic E-state index is 12.5. The summed E-state index contributed by atoms with van der Waals surface area (Å²) in [5, 5.41) is 7.56. The highest BCUT2D eigenvalue weighted by Gasteiger charge is 2.23. The topological polar surface area (TPSA) is 53.8 Å². The van der Waals surface area contributed by atoms with Crippen LogP contribution in [-0.4, -0.2) is 10.2 Å². The molecule has 0 bridgehead atoms. The van der Waals surface area contributed by atoms with Crippen LogP contribution in [0, 0.1) is 18.3 Å². The van der Waals surface area contributed by atoms with Crippen molar-refractivity contribution < 1.29 is 13.6 Å². The molecule has 0 aliphatic carbocycles. The first-order valence-electron chi connectivity index (χ1n) is 3.87. The number of carbonyl (C=O) groups is 1. The predicted octanol–water partition coefficient (Wildman–Crippen LogP) is 2.58. The van der Waals surface area contributed by atoms with E-state index >= 15 is 0 Å². The quantitative estimate of drug-likeness (QED) is 0.734. The molecule has 0 atom stereocenters. The Kier molecular flexibility index (Phi) is 3.32. The number of halogens is 3. The Balaban J connectivity index is 3.56. The largest absolute Gasteiger partial charge is 0.281 e. The van der Waals surface area contributed by atoms with E-state index in [0.717, 1.165) is 0 Å². The molecule has 78 valence electrons. The first kappa shape index (κ1) is 11.5. The molecule has 6 heteroatoms. The van der Waals surface area contributed by atoms with E-state index in [1.807, 2.05) is 0 Å². The number of nitrogens with zero attached hydrogens (tertiary/aromatic N) is 2. The van der Waals surface area contributed by atoms with Crippen LogP contribution in [0.2, 0.25) is 0 Å². The number of hydrogen-bond donors (Lipinski definition) is 0. The Hall–Kier alpha value is -1.54. The van der Waals surface area contributed by atoms with E-state index < -0.39 is 22.9 Å². The van der Waals surface area contributed by atoms with Gasteiger partial charge in [0.1, 0.15) is 11.8 Å². The van der Waals surface area contributed by atoms with Gasteiger partial charge in [-0.1, -0.05) is 0 Å². The lowest BCUT2D eigenvalue weighted by molar-refractivity contribution is 0.106. The molecule has 0 aliphatic heterocycles. The predicted molar refractivity (Wildman–Crippen MR) is 48.8 cm³/mol. The molecule has 0 amide bonds. The second-order valence-corrected chi connectivity index (χ2v) is 3.10. The third kappa shape index (κ3) is 2.28. The van der Waals surface area contributed by atoms with Gasteiger partial charge in [-0.25, -0.2) is 8.78 Å². The minimum atomic E-state index is -2.94. The van der Waals surface area contributed by atoms with Crippen LogP contribution in [-0.2, 0) is 0 Å². The number of aromatic nitrogens is 1. The molecule has 1 aromatic heterocycles. The van der Waals surface area contributed by atoms with E-state index in [9.17, 15) is 13.6 Å². The number of pyridine rings is 1. The Morgan fingerprint density at radius 1 is 1.67 bits per heavy atom. The number of carbonyl (C=O) groups excluding carboxylic acids is 1. The van der Waals surface area contributed by atoms with Gasteiger partial charge in [0.15, 0.2) is 0 Å². The molecule has 15 heavy (non-hydrogen) atoms. The van der Waals surface area contributed by atoms with Crippen molar-refractivity contribution in [2.75, 3.05) is 0 Å². The molecule has 0 N–H and O–H groups in total. The van der Waals surface area contributed by atoms with Gasteiger partial charge in [-0.05, 0) is 24.6 Å². The second-order valence-electron chi connectivity index (χ2n) is 2.76. The molecule has 1 rings (SSSR count). The zero-order chi connectivity index (χ0) is 11.6. The summed E-state index contributed by atoms with van der Waals surface area (Å²) in [6, 6.07) is 2.87. The van der Waals surface area contributed by atoms with Crippen molar-refractivity contribution in [3.05, 3.63) is 28.6 Å². The van der Waals surface area contributed by atoms with E-state index in [1.165, 1.54) is 13.0 Å². The van der Waals surface area contributed by atoms with Crippen molar-refractivity contribution in [3.8, 4) is 6.07 Å². The van der Waals surface area contributed by atoms with Crippen LogP contribution < -0.4 is 0 Å². The maximum absolute atomic E-state index is 12.5. The SMILES string of the molecule is Cc1cc(C#N)c(C(=O)Cl)c(C(F)F)n1. The van der Waals surface area contributed by atoms with Crippen molar-refractivity contribution in [3.63, 3.8) is 0 Å². The summed E-state index contributed by atoms with van der Waals surface area (Å²) < 4.78 is 25.0. The number of aryl methyl sites for hydroxylation is 1. The molecule has 0 aromatic carbocycles. The summed E-state index contributed by atoms with van der Waals surface area (Å²) in [4.78, 5) is 14.4. The summed E-state index contributed by atoms with van der Waals surface area (Å²) in [5.41, 5.74) is -1.20. The normalized spacial score (nSPS) is 10.1. The average molecular weight is 231 g/mol. The summed E-state index contributed by atoms with van der Waals surface area (Å²) in [6.07, 6.45) is -2.94. The van der Waals surface area contributed by atoms with Crippen LogP contribution in [0.15, 0.2) is 6.07 Å². The smallest absolute Gasteiger partial charge is 0.275 e. The van der Waals surface area contributed by atoms with Gasteiger partial charge in [-0.2, -0.15) is 5.26 Å². The van der Waals surface area contributed by atoms with E-state index in [2.05, 4.69) is 4.98 Å². The number of hydrogen-bond acceptors (Lipinski definition) is 3. The van der Waals surface area contributed by atoms with Gasteiger partial charge in [0, 0.05) is 5.69 Å². The average Bonchev–Trinajstić information content (AvgIpc) is 2.15. The summed E-state index contributed by atoms with van der Waals surface area (Å²) in [7, 11) is 0. The molecule has 1 heterocycles. The molecule has 0 saturated carbocycles. The van der Waals surface area contributed by atoms with Crippen LogP contribution in [0.5, 0.6) is 0 Å². The van der Waals surface area contributed by atoms with E-state index in [4.69, 9.17) is 16.9 Å². The lowest BCUT2D eigenvalue weighted by Crippen LogP contribution is -2.06.